The number of H-pyrrole nitrogens is 1. The quantitative estimate of drug-likeness (QED) is 0.137. The Morgan fingerprint density at radius 3 is 2.65 bits per heavy atom. The third-order valence-corrected chi connectivity index (χ3v) is 13.7. The number of hydrogen-bond acceptors (Lipinski definition) is 3. The van der Waals surface area contributed by atoms with Gasteiger partial charge < -0.3 is 0 Å². The van der Waals surface area contributed by atoms with Crippen LogP contribution >= 0.6 is 22.6 Å². The number of benzene rings is 2. The van der Waals surface area contributed by atoms with Crippen molar-refractivity contribution in [1.29, 1.82) is 0 Å². The molecule has 4 rings (SSSR count). The van der Waals surface area contributed by atoms with Crippen LogP contribution in [0.5, 0.6) is 0 Å². The topological polar surface area (TPSA) is 74.8 Å². The summed E-state index contributed by atoms with van der Waals surface area (Å²) in [5.74, 6) is 0.743. The fraction of sp³-hybridized carbons (Fsp3) is 0.276. The monoisotopic (exact) mass is 833 g/mol. The standard InChI is InChI=1S/C29H30I3N3O2/c1-3-4-5-8-19(2)32-27(36)22-15-16-25-26(17-22)34-28(33-25)20-11-13-21(14-12-20)29(37)35-24-10-7-6-9-23(24)31-18-30/h3-5,8,11-17,23-24H,1,6-7,9-10,18H2,2H3,(H,33,34)(H,35,37)/q-2/b5-4-,19-8+. The van der Waals surface area contributed by atoms with E-state index < -0.39 is 21.2 Å². The number of aromatic amines is 1. The minimum absolute atomic E-state index is 0.0151. The molecule has 0 bridgehead atoms. The molecule has 1 aromatic heterocycles. The number of allylic oxidation sites excluding steroid dienone is 5. The van der Waals surface area contributed by atoms with Gasteiger partial charge in [-0.25, -0.2) is 0 Å². The molecule has 37 heavy (non-hydrogen) atoms. The van der Waals surface area contributed by atoms with E-state index in [1.54, 1.807) is 6.08 Å². The van der Waals surface area contributed by atoms with Gasteiger partial charge in [0.1, 0.15) is 0 Å². The number of rotatable bonds is 10. The van der Waals surface area contributed by atoms with Crippen molar-refractivity contribution < 1.29 is 52.0 Å². The second-order valence-corrected chi connectivity index (χ2v) is 18.9. The van der Waals surface area contributed by atoms with Crippen LogP contribution in [0.3, 0.4) is 0 Å². The third-order valence-electron chi connectivity index (χ3n) is 6.19. The number of aromatic nitrogens is 2. The Labute approximate surface area is 252 Å². The van der Waals surface area contributed by atoms with Crippen LogP contribution in [0.15, 0.2) is 76.9 Å². The van der Waals surface area contributed by atoms with Crippen LogP contribution in [-0.2, 0) is 0 Å². The predicted octanol–water partition coefficient (Wildman–Crippen LogP) is 0.628. The summed E-state index contributed by atoms with van der Waals surface area (Å²) in [7, 11) is 0. The van der Waals surface area contributed by atoms with E-state index in [1.165, 1.54) is 21.7 Å². The van der Waals surface area contributed by atoms with Gasteiger partial charge in [-0.3, -0.25) is 0 Å². The Bertz CT molecular complexity index is 1330. The van der Waals surface area contributed by atoms with Crippen molar-refractivity contribution in [2.75, 3.05) is 2.43 Å². The molecule has 5 nitrogen and oxygen atoms in total. The molecule has 2 N–H and O–H groups in total. The van der Waals surface area contributed by atoms with Gasteiger partial charge in [-0.05, 0) is 0 Å². The molecule has 1 aliphatic carbocycles. The number of nitrogens with zero attached hydrogens (tertiary/aromatic N) is 1. The van der Waals surface area contributed by atoms with E-state index in [2.05, 4.69) is 39.5 Å². The molecule has 2 aromatic carbocycles. The minimum atomic E-state index is -0.749. The van der Waals surface area contributed by atoms with Crippen molar-refractivity contribution in [2.45, 2.75) is 42.6 Å². The molecule has 2 unspecified atom stereocenters. The summed E-state index contributed by atoms with van der Waals surface area (Å²) in [6, 6.07) is 13.6. The molecular weight excluding hydrogens is 803 g/mol. The Kier molecular flexibility index (Phi) is 10.8. The molecule has 1 aliphatic rings. The number of fused-ring (bicyclic) bond motifs is 1. The first-order valence-electron chi connectivity index (χ1n) is 12.2. The summed E-state index contributed by atoms with van der Waals surface area (Å²) in [6.07, 6.45) is 12.3. The van der Waals surface area contributed by atoms with Crippen molar-refractivity contribution in [3.05, 3.63) is 88.1 Å². The fourth-order valence-electron chi connectivity index (χ4n) is 4.30. The summed E-state index contributed by atoms with van der Waals surface area (Å²) in [5.41, 5.74) is 3.94. The molecular formula is C29H30I3N3O2-2. The Morgan fingerprint density at radius 1 is 1.14 bits per heavy atom. The number of halogens is 3. The molecule has 8 heteroatoms. The summed E-state index contributed by atoms with van der Waals surface area (Å²) < 4.78 is 3.20. The molecule has 0 aliphatic heterocycles. The fourth-order valence-corrected chi connectivity index (χ4v) is 11.4. The molecule has 1 fully saturated rings. The van der Waals surface area contributed by atoms with Crippen LogP contribution in [0.2, 0.25) is 0 Å². The summed E-state index contributed by atoms with van der Waals surface area (Å²) in [5, 5.41) is 3.32. The van der Waals surface area contributed by atoms with E-state index in [0.717, 1.165) is 32.4 Å². The molecule has 196 valence electrons. The molecule has 2 atom stereocenters. The normalized spacial score (nSPS) is 18.5. The second kappa shape index (κ2) is 14.0. The van der Waals surface area contributed by atoms with E-state index in [4.69, 9.17) is 4.98 Å². The van der Waals surface area contributed by atoms with Crippen LogP contribution in [0.4, 0.5) is 0 Å². The number of nitrogens with one attached hydrogen (secondary N) is 2. The third kappa shape index (κ3) is 7.75. The first-order valence-corrected chi connectivity index (χ1v) is 18.6. The van der Waals surface area contributed by atoms with Crippen molar-refractivity contribution in [2.24, 2.45) is 0 Å². The summed E-state index contributed by atoms with van der Waals surface area (Å²) >= 11 is 1.86. The van der Waals surface area contributed by atoms with E-state index >= 15 is 0 Å². The van der Waals surface area contributed by atoms with Crippen LogP contribution < -0.4 is 47.7 Å². The van der Waals surface area contributed by atoms with Gasteiger partial charge in [0.25, 0.3) is 0 Å². The first-order chi connectivity index (χ1) is 18.0. The van der Waals surface area contributed by atoms with Crippen LogP contribution in [-0.4, -0.2) is 32.1 Å². The van der Waals surface area contributed by atoms with Gasteiger partial charge in [-0.1, -0.05) is 0 Å². The van der Waals surface area contributed by atoms with Crippen molar-refractivity contribution in [3.8, 4) is 11.4 Å². The van der Waals surface area contributed by atoms with Gasteiger partial charge in [0.15, 0.2) is 0 Å². The van der Waals surface area contributed by atoms with Gasteiger partial charge in [-0.15, -0.1) is 0 Å². The van der Waals surface area contributed by atoms with Crippen LogP contribution in [0.1, 0.15) is 53.3 Å². The average molecular weight is 833 g/mol. The van der Waals surface area contributed by atoms with Gasteiger partial charge in [0.05, 0.1) is 0 Å². The van der Waals surface area contributed by atoms with Crippen molar-refractivity contribution >= 4 is 43.3 Å². The van der Waals surface area contributed by atoms with Crippen molar-refractivity contribution in [3.63, 3.8) is 0 Å². The average Bonchev–Trinajstić information content (AvgIpc) is 3.34. The number of hydrogen-bond donors (Lipinski definition) is 2. The summed E-state index contributed by atoms with van der Waals surface area (Å²) in [4.78, 5) is 33.8. The number of carbonyl (C=O) groups is 2. The number of imidazole rings is 1. The number of amides is 1. The second-order valence-electron chi connectivity index (χ2n) is 8.77. The first kappa shape index (κ1) is 28.5. The zero-order chi connectivity index (χ0) is 26.2. The molecule has 0 spiro atoms. The number of carbonyl (C=O) groups excluding carboxylic acids is 2. The molecule has 0 radical (unpaired) electrons. The molecule has 3 aromatic rings. The van der Waals surface area contributed by atoms with E-state index in [0.29, 0.717) is 21.1 Å². The summed E-state index contributed by atoms with van der Waals surface area (Å²) in [6.45, 7) is 5.65. The molecule has 1 amide bonds. The van der Waals surface area contributed by atoms with E-state index in [9.17, 15) is 9.59 Å². The van der Waals surface area contributed by atoms with E-state index in [-0.39, 0.29) is 30.9 Å². The number of alkyl halides is 3. The van der Waals surface area contributed by atoms with Gasteiger partial charge in [-0.2, -0.15) is 0 Å². The van der Waals surface area contributed by atoms with Gasteiger partial charge in [0, 0.05) is 0 Å². The zero-order valence-corrected chi connectivity index (χ0v) is 27.1. The van der Waals surface area contributed by atoms with Crippen LogP contribution in [0, 0.1) is 0 Å². The molecule has 1 saturated carbocycles. The Hall–Kier alpha value is -1.54. The zero-order valence-electron chi connectivity index (χ0n) is 20.6. The maximum atomic E-state index is 12.9. The molecule has 0 saturated heterocycles. The molecule has 1 heterocycles. The van der Waals surface area contributed by atoms with E-state index in [1.807, 2.05) is 67.6 Å². The maximum absolute atomic E-state index is 12.9. The Balaban J connectivity index is 1.44. The van der Waals surface area contributed by atoms with Crippen molar-refractivity contribution in [1.82, 2.24) is 15.3 Å². The Morgan fingerprint density at radius 2 is 1.89 bits per heavy atom. The SMILES string of the molecule is C=C/C=C\C=C(/C)[I-]C(=O)c1ccc2nc(-c3ccc(C(=O)NC4CCCCC4[I-]CI)cc3)[nH]c2c1. The predicted molar refractivity (Wildman–Crippen MR) is 151 cm³/mol. The van der Waals surface area contributed by atoms with Crippen LogP contribution in [0.25, 0.3) is 22.4 Å². The van der Waals surface area contributed by atoms with Gasteiger partial charge >= 0.3 is 255 Å². The van der Waals surface area contributed by atoms with Gasteiger partial charge in [0.2, 0.25) is 0 Å².